The Balaban J connectivity index is 1.88. The van der Waals surface area contributed by atoms with Gasteiger partial charge in [0.15, 0.2) is 0 Å². The number of unbranched alkanes of at least 4 members (excludes halogenated alkanes) is 1. The lowest BCUT2D eigenvalue weighted by Crippen LogP contribution is -2.36. The van der Waals surface area contributed by atoms with Gasteiger partial charge in [0, 0.05) is 12.5 Å². The molecule has 1 aromatic rings. The van der Waals surface area contributed by atoms with Crippen molar-refractivity contribution in [2.45, 2.75) is 63.5 Å². The molecule has 128 valence electrons. The average molecular weight is 319 g/mol. The fraction of sp³-hybridized carbons (Fsp3) is 0.632. The Bertz CT molecular complexity index is 463. The molecule has 2 unspecified atom stereocenters. The summed E-state index contributed by atoms with van der Waals surface area (Å²) in [4.78, 5) is 13.1. The van der Waals surface area contributed by atoms with Gasteiger partial charge in [-0.2, -0.15) is 0 Å². The fourth-order valence-corrected chi connectivity index (χ4v) is 3.46. The predicted molar refractivity (Wildman–Crippen MR) is 91.3 cm³/mol. The maximum atomic E-state index is 10.6. The largest absolute Gasteiger partial charge is 0.481 e. The smallest absolute Gasteiger partial charge is 0.303 e. The maximum Gasteiger partial charge on any atom is 0.303 e. The van der Waals surface area contributed by atoms with Crippen LogP contribution in [0.2, 0.25) is 0 Å². The van der Waals surface area contributed by atoms with E-state index in [0.717, 1.165) is 44.3 Å². The van der Waals surface area contributed by atoms with E-state index in [9.17, 15) is 9.90 Å². The molecule has 4 heteroatoms. The molecule has 2 rings (SSSR count). The first-order valence-corrected chi connectivity index (χ1v) is 8.85. The van der Waals surface area contributed by atoms with Gasteiger partial charge in [0.05, 0.1) is 6.10 Å². The highest BCUT2D eigenvalue weighted by molar-refractivity contribution is 5.66. The van der Waals surface area contributed by atoms with E-state index in [2.05, 4.69) is 4.90 Å². The van der Waals surface area contributed by atoms with Crippen molar-refractivity contribution < 1.29 is 15.0 Å². The van der Waals surface area contributed by atoms with Crippen LogP contribution in [-0.2, 0) is 4.79 Å². The molecule has 1 aliphatic rings. The molecule has 1 heterocycles. The number of carboxylic acids is 1. The molecular formula is C19H29NO3. The van der Waals surface area contributed by atoms with Gasteiger partial charge >= 0.3 is 5.97 Å². The third-order valence-electron chi connectivity index (χ3n) is 4.76. The van der Waals surface area contributed by atoms with Crippen molar-refractivity contribution in [3.05, 3.63) is 35.9 Å². The summed E-state index contributed by atoms with van der Waals surface area (Å²) in [5, 5.41) is 19.3. The summed E-state index contributed by atoms with van der Waals surface area (Å²) in [5.74, 6) is -0.711. The van der Waals surface area contributed by atoms with E-state index in [4.69, 9.17) is 5.11 Å². The van der Waals surface area contributed by atoms with Gasteiger partial charge in [0.25, 0.3) is 0 Å². The van der Waals surface area contributed by atoms with Gasteiger partial charge in [-0.15, -0.1) is 0 Å². The zero-order valence-corrected chi connectivity index (χ0v) is 13.9. The Morgan fingerprint density at radius 1 is 1.17 bits per heavy atom. The number of aliphatic hydroxyl groups is 1. The lowest BCUT2D eigenvalue weighted by atomic mass is 9.98. The van der Waals surface area contributed by atoms with E-state index in [1.165, 1.54) is 19.3 Å². The van der Waals surface area contributed by atoms with Gasteiger partial charge in [-0.1, -0.05) is 43.2 Å². The molecule has 0 spiro atoms. The van der Waals surface area contributed by atoms with Crippen LogP contribution in [0.4, 0.5) is 0 Å². The highest BCUT2D eigenvalue weighted by Gasteiger charge is 2.23. The SMILES string of the molecule is O=C(O)CCCCN1CCCCCC1CC(O)c1ccccc1. The van der Waals surface area contributed by atoms with Gasteiger partial charge in [-0.25, -0.2) is 0 Å². The highest BCUT2D eigenvalue weighted by atomic mass is 16.4. The number of hydrogen-bond acceptors (Lipinski definition) is 3. The number of aliphatic carboxylic acids is 1. The molecule has 2 N–H and O–H groups in total. The third kappa shape index (κ3) is 6.32. The summed E-state index contributed by atoms with van der Waals surface area (Å²) >= 11 is 0. The molecule has 0 bridgehead atoms. The van der Waals surface area contributed by atoms with E-state index >= 15 is 0 Å². The monoisotopic (exact) mass is 319 g/mol. The maximum absolute atomic E-state index is 10.6. The van der Waals surface area contributed by atoms with Crippen LogP contribution in [-0.4, -0.2) is 40.2 Å². The van der Waals surface area contributed by atoms with Crippen molar-refractivity contribution in [3.8, 4) is 0 Å². The summed E-state index contributed by atoms with van der Waals surface area (Å²) in [6, 6.07) is 10.3. The highest BCUT2D eigenvalue weighted by Crippen LogP contribution is 2.26. The Morgan fingerprint density at radius 3 is 2.70 bits per heavy atom. The predicted octanol–water partition coefficient (Wildman–Crippen LogP) is 3.61. The van der Waals surface area contributed by atoms with Crippen molar-refractivity contribution in [2.75, 3.05) is 13.1 Å². The zero-order chi connectivity index (χ0) is 16.5. The van der Waals surface area contributed by atoms with Crippen LogP contribution in [0.1, 0.15) is 63.0 Å². The molecule has 1 saturated heterocycles. The van der Waals surface area contributed by atoms with Crippen molar-refractivity contribution in [3.63, 3.8) is 0 Å². The molecule has 0 aliphatic carbocycles. The van der Waals surface area contributed by atoms with Crippen molar-refractivity contribution in [1.29, 1.82) is 0 Å². The fourth-order valence-electron chi connectivity index (χ4n) is 3.46. The molecule has 0 amide bonds. The topological polar surface area (TPSA) is 60.8 Å². The number of likely N-dealkylation sites (tertiary alicyclic amines) is 1. The van der Waals surface area contributed by atoms with Crippen LogP contribution in [0.15, 0.2) is 30.3 Å². The second kappa shape index (κ2) is 9.68. The van der Waals surface area contributed by atoms with Gasteiger partial charge in [-0.3, -0.25) is 4.79 Å². The Kier molecular flexibility index (Phi) is 7.56. The molecule has 4 nitrogen and oxygen atoms in total. The quantitative estimate of drug-likeness (QED) is 0.719. The first-order valence-electron chi connectivity index (χ1n) is 8.85. The number of rotatable bonds is 8. The van der Waals surface area contributed by atoms with E-state index in [0.29, 0.717) is 6.04 Å². The van der Waals surface area contributed by atoms with E-state index in [1.807, 2.05) is 30.3 Å². The Labute approximate surface area is 139 Å². The van der Waals surface area contributed by atoms with Crippen LogP contribution in [0.3, 0.4) is 0 Å². The number of benzene rings is 1. The summed E-state index contributed by atoms with van der Waals surface area (Å²) in [5.41, 5.74) is 0.988. The van der Waals surface area contributed by atoms with E-state index in [-0.39, 0.29) is 6.42 Å². The summed E-state index contributed by atoms with van der Waals surface area (Å²) < 4.78 is 0. The minimum Gasteiger partial charge on any atom is -0.481 e. The Morgan fingerprint density at radius 2 is 1.96 bits per heavy atom. The van der Waals surface area contributed by atoms with Crippen LogP contribution >= 0.6 is 0 Å². The van der Waals surface area contributed by atoms with Crippen molar-refractivity contribution in [2.24, 2.45) is 0 Å². The Hall–Kier alpha value is -1.39. The number of carbonyl (C=O) groups is 1. The lowest BCUT2D eigenvalue weighted by molar-refractivity contribution is -0.137. The van der Waals surface area contributed by atoms with Crippen LogP contribution < -0.4 is 0 Å². The first kappa shape index (κ1) is 18.0. The van der Waals surface area contributed by atoms with Gasteiger partial charge in [-0.05, 0) is 50.8 Å². The molecule has 1 aromatic carbocycles. The van der Waals surface area contributed by atoms with Gasteiger partial charge < -0.3 is 15.1 Å². The number of hydrogen-bond donors (Lipinski definition) is 2. The minimum atomic E-state index is -0.711. The number of carboxylic acid groups (broad SMARTS) is 1. The van der Waals surface area contributed by atoms with Crippen molar-refractivity contribution >= 4 is 5.97 Å². The van der Waals surface area contributed by atoms with E-state index in [1.54, 1.807) is 0 Å². The molecule has 0 radical (unpaired) electrons. The molecule has 23 heavy (non-hydrogen) atoms. The third-order valence-corrected chi connectivity index (χ3v) is 4.76. The van der Waals surface area contributed by atoms with Crippen LogP contribution in [0.25, 0.3) is 0 Å². The van der Waals surface area contributed by atoms with Gasteiger partial charge in [0.1, 0.15) is 0 Å². The second-order valence-electron chi connectivity index (χ2n) is 6.55. The van der Waals surface area contributed by atoms with Crippen LogP contribution in [0, 0.1) is 0 Å². The number of aliphatic hydroxyl groups excluding tert-OH is 1. The summed E-state index contributed by atoms with van der Waals surface area (Å²) in [6.45, 7) is 2.01. The minimum absolute atomic E-state index is 0.255. The lowest BCUT2D eigenvalue weighted by Gasteiger charge is -2.31. The zero-order valence-electron chi connectivity index (χ0n) is 13.9. The summed E-state index contributed by atoms with van der Waals surface area (Å²) in [6.07, 6.45) is 7.07. The molecule has 1 aliphatic heterocycles. The van der Waals surface area contributed by atoms with Crippen LogP contribution in [0.5, 0.6) is 0 Å². The van der Waals surface area contributed by atoms with Gasteiger partial charge in [0.2, 0.25) is 0 Å². The summed E-state index contributed by atoms with van der Waals surface area (Å²) in [7, 11) is 0. The molecular weight excluding hydrogens is 290 g/mol. The van der Waals surface area contributed by atoms with E-state index < -0.39 is 12.1 Å². The molecule has 1 fully saturated rings. The molecule has 0 aromatic heterocycles. The average Bonchev–Trinajstić information content (AvgIpc) is 2.77. The molecule has 2 atom stereocenters. The first-order chi connectivity index (χ1) is 11.2. The van der Waals surface area contributed by atoms with Crippen molar-refractivity contribution in [1.82, 2.24) is 4.90 Å². The molecule has 0 saturated carbocycles. The second-order valence-corrected chi connectivity index (χ2v) is 6.55. The normalized spacial score (nSPS) is 20.8. The standard InChI is InChI=1S/C19H29NO3/c21-18(16-9-3-1-4-10-16)15-17-11-5-2-7-13-20(17)14-8-6-12-19(22)23/h1,3-4,9-10,17-18,21H,2,5-8,11-15H2,(H,22,23). The number of nitrogens with zero attached hydrogens (tertiary/aromatic N) is 1.